The van der Waals surface area contributed by atoms with Crippen LogP contribution in [0.5, 0.6) is 0 Å². The average Bonchev–Trinajstić information content (AvgIpc) is 2.78. The molecule has 1 atom stereocenters. The van der Waals surface area contributed by atoms with Crippen LogP contribution in [0.25, 0.3) is 0 Å². The van der Waals surface area contributed by atoms with E-state index in [1.165, 1.54) is 12.1 Å². The molecule has 1 unspecified atom stereocenters. The zero-order valence-corrected chi connectivity index (χ0v) is 12.0. The second-order valence-corrected chi connectivity index (χ2v) is 6.51. The maximum Gasteiger partial charge on any atom is 0.229 e. The first-order chi connectivity index (χ1) is 9.74. The Morgan fingerprint density at radius 3 is 2.71 bits per heavy atom. The fraction of sp³-hybridized carbons (Fsp3) is 0.333. The number of anilines is 2. The molecule has 7 nitrogen and oxygen atoms in total. The van der Waals surface area contributed by atoms with Crippen molar-refractivity contribution in [3.63, 3.8) is 0 Å². The number of nitrogens with one attached hydrogen (secondary N) is 3. The number of sulfonamides is 1. The molecule has 2 rings (SSSR count). The Hall–Kier alpha value is -2.16. The standard InChI is InChI=1S/C12H14FN3O4S/c1-21(19,20)16-10-5-8(2-3-9(10)13)15-12(18)7-4-11(17)14-6-7/h2-3,5,7,16H,4,6H2,1H3,(H,14,17)(H,15,18). The first kappa shape index (κ1) is 15.2. The van der Waals surface area contributed by atoms with E-state index in [1.807, 2.05) is 4.72 Å². The molecule has 0 saturated carbocycles. The van der Waals surface area contributed by atoms with Crippen LogP contribution >= 0.6 is 0 Å². The maximum absolute atomic E-state index is 13.5. The van der Waals surface area contributed by atoms with Gasteiger partial charge in [0.05, 0.1) is 17.9 Å². The van der Waals surface area contributed by atoms with Crippen molar-refractivity contribution in [1.29, 1.82) is 0 Å². The molecule has 0 bridgehead atoms. The highest BCUT2D eigenvalue weighted by atomic mass is 32.2. The van der Waals surface area contributed by atoms with Crippen LogP contribution in [0.2, 0.25) is 0 Å². The number of hydrogen-bond acceptors (Lipinski definition) is 4. The van der Waals surface area contributed by atoms with Gasteiger partial charge in [-0.3, -0.25) is 14.3 Å². The van der Waals surface area contributed by atoms with Crippen LogP contribution in [-0.4, -0.2) is 33.0 Å². The molecule has 114 valence electrons. The van der Waals surface area contributed by atoms with Gasteiger partial charge in [0.2, 0.25) is 21.8 Å². The van der Waals surface area contributed by atoms with Gasteiger partial charge in [-0.2, -0.15) is 0 Å². The Balaban J connectivity index is 2.12. The lowest BCUT2D eigenvalue weighted by Gasteiger charge is -2.11. The van der Waals surface area contributed by atoms with Gasteiger partial charge in [0, 0.05) is 18.7 Å². The minimum Gasteiger partial charge on any atom is -0.355 e. The second kappa shape index (κ2) is 5.68. The number of rotatable bonds is 4. The molecule has 0 spiro atoms. The number of amides is 2. The van der Waals surface area contributed by atoms with E-state index in [2.05, 4.69) is 10.6 Å². The Morgan fingerprint density at radius 2 is 2.14 bits per heavy atom. The van der Waals surface area contributed by atoms with Gasteiger partial charge >= 0.3 is 0 Å². The van der Waals surface area contributed by atoms with Crippen LogP contribution in [0.3, 0.4) is 0 Å². The van der Waals surface area contributed by atoms with Crippen LogP contribution in [0.15, 0.2) is 18.2 Å². The summed E-state index contributed by atoms with van der Waals surface area (Å²) >= 11 is 0. The lowest BCUT2D eigenvalue weighted by atomic mass is 10.1. The zero-order valence-electron chi connectivity index (χ0n) is 11.1. The highest BCUT2D eigenvalue weighted by Crippen LogP contribution is 2.21. The van der Waals surface area contributed by atoms with Gasteiger partial charge in [-0.25, -0.2) is 12.8 Å². The third kappa shape index (κ3) is 4.15. The van der Waals surface area contributed by atoms with Crippen LogP contribution < -0.4 is 15.4 Å². The molecule has 1 aromatic carbocycles. The van der Waals surface area contributed by atoms with E-state index in [9.17, 15) is 22.4 Å². The number of halogens is 1. The lowest BCUT2D eigenvalue weighted by molar-refractivity contribution is -0.123. The molecular weight excluding hydrogens is 301 g/mol. The number of carbonyl (C=O) groups excluding carboxylic acids is 2. The third-order valence-electron chi connectivity index (χ3n) is 2.88. The largest absolute Gasteiger partial charge is 0.355 e. The molecule has 21 heavy (non-hydrogen) atoms. The van der Waals surface area contributed by atoms with Crippen molar-refractivity contribution < 1.29 is 22.4 Å². The van der Waals surface area contributed by atoms with E-state index >= 15 is 0 Å². The molecule has 0 aromatic heterocycles. The predicted molar refractivity (Wildman–Crippen MR) is 74.6 cm³/mol. The van der Waals surface area contributed by atoms with Crippen molar-refractivity contribution in [2.45, 2.75) is 6.42 Å². The Kier molecular flexibility index (Phi) is 4.12. The summed E-state index contributed by atoms with van der Waals surface area (Å²) in [6.45, 7) is 0.250. The minimum atomic E-state index is -3.63. The minimum absolute atomic E-state index is 0.0987. The molecule has 0 radical (unpaired) electrons. The highest BCUT2D eigenvalue weighted by Gasteiger charge is 2.28. The number of benzene rings is 1. The topological polar surface area (TPSA) is 104 Å². The zero-order chi connectivity index (χ0) is 15.6. The van der Waals surface area contributed by atoms with Gasteiger partial charge in [-0.05, 0) is 18.2 Å². The van der Waals surface area contributed by atoms with Crippen molar-refractivity contribution in [1.82, 2.24) is 5.32 Å². The molecule has 0 aliphatic carbocycles. The molecule has 1 aliphatic heterocycles. The van der Waals surface area contributed by atoms with Gasteiger partial charge in [0.1, 0.15) is 5.82 Å². The fourth-order valence-electron chi connectivity index (χ4n) is 1.92. The molecule has 2 amide bonds. The van der Waals surface area contributed by atoms with E-state index in [4.69, 9.17) is 0 Å². The smallest absolute Gasteiger partial charge is 0.229 e. The Labute approximate surface area is 121 Å². The summed E-state index contributed by atoms with van der Waals surface area (Å²) in [5.41, 5.74) is -0.0113. The maximum atomic E-state index is 13.5. The van der Waals surface area contributed by atoms with E-state index < -0.39 is 21.8 Å². The summed E-state index contributed by atoms with van der Waals surface area (Å²) in [6, 6.07) is 3.53. The summed E-state index contributed by atoms with van der Waals surface area (Å²) in [5, 5.41) is 5.06. The van der Waals surface area contributed by atoms with E-state index in [0.29, 0.717) is 0 Å². The fourth-order valence-corrected chi connectivity index (χ4v) is 2.47. The summed E-state index contributed by atoms with van der Waals surface area (Å²) in [6.07, 6.45) is 0.995. The summed E-state index contributed by atoms with van der Waals surface area (Å²) in [4.78, 5) is 23.0. The van der Waals surface area contributed by atoms with Crippen molar-refractivity contribution in [3.05, 3.63) is 24.0 Å². The SMILES string of the molecule is CS(=O)(=O)Nc1cc(NC(=O)C2CNC(=O)C2)ccc1F. The van der Waals surface area contributed by atoms with Crippen LogP contribution in [0.1, 0.15) is 6.42 Å². The summed E-state index contributed by atoms with van der Waals surface area (Å²) in [5.74, 6) is -1.83. The number of hydrogen-bond donors (Lipinski definition) is 3. The van der Waals surface area contributed by atoms with E-state index in [-0.39, 0.29) is 36.2 Å². The Morgan fingerprint density at radius 1 is 1.43 bits per heavy atom. The van der Waals surface area contributed by atoms with Gasteiger partial charge in [0.25, 0.3) is 0 Å². The highest BCUT2D eigenvalue weighted by molar-refractivity contribution is 7.92. The molecule has 9 heteroatoms. The van der Waals surface area contributed by atoms with Gasteiger partial charge in [-0.1, -0.05) is 0 Å². The molecule has 1 fully saturated rings. The quantitative estimate of drug-likeness (QED) is 0.742. The summed E-state index contributed by atoms with van der Waals surface area (Å²) in [7, 11) is -3.63. The third-order valence-corrected chi connectivity index (χ3v) is 3.47. The average molecular weight is 315 g/mol. The van der Waals surface area contributed by atoms with Crippen LogP contribution in [-0.2, 0) is 19.6 Å². The molecule has 1 aromatic rings. The van der Waals surface area contributed by atoms with Crippen molar-refractivity contribution in [3.8, 4) is 0 Å². The normalized spacial score (nSPS) is 18.2. The lowest BCUT2D eigenvalue weighted by Crippen LogP contribution is -2.24. The molecule has 3 N–H and O–H groups in total. The summed E-state index contributed by atoms with van der Waals surface area (Å²) < 4.78 is 37.8. The van der Waals surface area contributed by atoms with Crippen molar-refractivity contribution in [2.75, 3.05) is 22.8 Å². The number of carbonyl (C=O) groups is 2. The van der Waals surface area contributed by atoms with Gasteiger partial charge in [0.15, 0.2) is 0 Å². The monoisotopic (exact) mass is 315 g/mol. The molecule has 1 heterocycles. The van der Waals surface area contributed by atoms with Gasteiger partial charge < -0.3 is 10.6 Å². The second-order valence-electron chi connectivity index (χ2n) is 4.76. The first-order valence-electron chi connectivity index (χ1n) is 6.09. The van der Waals surface area contributed by atoms with Crippen LogP contribution in [0, 0.1) is 11.7 Å². The molecular formula is C12H14FN3O4S. The predicted octanol–water partition coefficient (Wildman–Crippen LogP) is 0.272. The van der Waals surface area contributed by atoms with Crippen molar-refractivity contribution in [2.24, 2.45) is 5.92 Å². The first-order valence-corrected chi connectivity index (χ1v) is 7.98. The van der Waals surface area contributed by atoms with Gasteiger partial charge in [-0.15, -0.1) is 0 Å². The van der Waals surface area contributed by atoms with E-state index in [1.54, 1.807) is 0 Å². The Bertz CT molecular complexity index is 690. The van der Waals surface area contributed by atoms with Crippen molar-refractivity contribution >= 4 is 33.2 Å². The molecule has 1 saturated heterocycles. The van der Waals surface area contributed by atoms with Crippen LogP contribution in [0.4, 0.5) is 15.8 Å². The molecule has 1 aliphatic rings. The van der Waals surface area contributed by atoms with E-state index in [0.717, 1.165) is 12.3 Å².